The Morgan fingerprint density at radius 1 is 1.44 bits per heavy atom. The highest BCUT2D eigenvalue weighted by atomic mass is 16.5. The number of nitrogens with one attached hydrogen (secondary N) is 1. The zero-order valence-corrected chi connectivity index (χ0v) is 15.7. The predicted octanol–water partition coefficient (Wildman–Crippen LogP) is 2.35. The van der Waals surface area contributed by atoms with E-state index < -0.39 is 17.7 Å². The number of nitriles is 1. The van der Waals surface area contributed by atoms with Crippen molar-refractivity contribution in [3.05, 3.63) is 47.5 Å². The molecule has 0 fully saturated rings. The van der Waals surface area contributed by atoms with E-state index in [0.717, 1.165) is 6.26 Å². The molecule has 7 nitrogen and oxygen atoms in total. The molecule has 0 unspecified atom stereocenters. The number of aliphatic hydroxyl groups excluding tert-OH is 1. The third-order valence-electron chi connectivity index (χ3n) is 4.88. The summed E-state index contributed by atoms with van der Waals surface area (Å²) in [5.74, 6) is 2.58. The minimum atomic E-state index is -0.848. The summed E-state index contributed by atoms with van der Waals surface area (Å²) in [6.45, 7) is 3.97. The fourth-order valence-electron chi connectivity index (χ4n) is 3.20. The molecule has 2 rings (SSSR count). The fraction of sp³-hybridized carbons (Fsp3) is 0.450. The molecule has 0 saturated heterocycles. The lowest BCUT2D eigenvalue weighted by Crippen LogP contribution is -2.55. The van der Waals surface area contributed by atoms with Gasteiger partial charge >= 0.3 is 0 Å². The van der Waals surface area contributed by atoms with E-state index in [-0.39, 0.29) is 6.61 Å². The number of hydrogen-bond donors (Lipinski definition) is 2. The minimum Gasteiger partial charge on any atom is -0.496 e. The van der Waals surface area contributed by atoms with Crippen molar-refractivity contribution in [2.45, 2.75) is 44.4 Å². The monoisotopic (exact) mass is 372 g/mol. The number of benzene rings is 1. The van der Waals surface area contributed by atoms with Crippen molar-refractivity contribution in [3.8, 4) is 11.8 Å². The molecule has 0 spiro atoms. The largest absolute Gasteiger partial charge is 0.496 e. The van der Waals surface area contributed by atoms with E-state index in [1.54, 1.807) is 24.4 Å². The molecule has 2 N–H and O–H groups in total. The second-order valence-corrected chi connectivity index (χ2v) is 6.19. The molecule has 0 saturated carbocycles. The van der Waals surface area contributed by atoms with Crippen LogP contribution in [-0.2, 0) is 14.3 Å². The third kappa shape index (κ3) is 4.25. The van der Waals surface area contributed by atoms with Gasteiger partial charge < -0.3 is 24.6 Å². The van der Waals surface area contributed by atoms with Crippen molar-refractivity contribution in [3.63, 3.8) is 0 Å². The lowest BCUT2D eigenvalue weighted by molar-refractivity contribution is -0.0902. The Morgan fingerprint density at radius 2 is 2.19 bits per heavy atom. The maximum atomic E-state index is 11.1. The van der Waals surface area contributed by atoms with Crippen molar-refractivity contribution in [1.82, 2.24) is 5.32 Å². The van der Waals surface area contributed by atoms with Crippen molar-refractivity contribution in [2.24, 2.45) is 0 Å². The van der Waals surface area contributed by atoms with E-state index in [1.165, 1.54) is 13.1 Å². The molecule has 0 aromatic heterocycles. The van der Waals surface area contributed by atoms with E-state index in [0.29, 0.717) is 35.5 Å². The van der Waals surface area contributed by atoms with Crippen LogP contribution < -0.4 is 10.1 Å². The van der Waals surface area contributed by atoms with Crippen LogP contribution in [0.2, 0.25) is 0 Å². The Morgan fingerprint density at radius 3 is 2.78 bits per heavy atom. The topological polar surface area (TPSA) is 101 Å². The normalized spacial score (nSPS) is 20.3. The van der Waals surface area contributed by atoms with E-state index >= 15 is 0 Å². The van der Waals surface area contributed by atoms with Gasteiger partial charge in [0.05, 0.1) is 24.8 Å². The summed E-state index contributed by atoms with van der Waals surface area (Å²) in [5, 5.41) is 23.4. The maximum Gasteiger partial charge on any atom is 0.167 e. The molecule has 1 heterocycles. The Hall–Kier alpha value is -2.94. The lowest BCUT2D eigenvalue weighted by Gasteiger charge is -2.45. The molecule has 0 amide bonds. The van der Waals surface area contributed by atoms with Crippen LogP contribution in [0, 0.1) is 11.3 Å². The predicted molar refractivity (Wildman–Crippen MR) is 98.3 cm³/mol. The van der Waals surface area contributed by atoms with Crippen LogP contribution in [0.1, 0.15) is 43.9 Å². The summed E-state index contributed by atoms with van der Waals surface area (Å²) in [6.07, 6.45) is 2.88. The molecule has 1 aliphatic heterocycles. The molecule has 1 aromatic carbocycles. The molecule has 0 aliphatic carbocycles. The van der Waals surface area contributed by atoms with E-state index in [4.69, 9.17) is 14.2 Å². The van der Waals surface area contributed by atoms with Gasteiger partial charge in [-0.1, -0.05) is 13.8 Å². The zero-order chi connectivity index (χ0) is 19.9. The van der Waals surface area contributed by atoms with Gasteiger partial charge in [-0.25, -0.2) is 4.79 Å². The number of ether oxygens (including phenoxy) is 3. The van der Waals surface area contributed by atoms with Crippen molar-refractivity contribution in [2.75, 3.05) is 13.7 Å². The zero-order valence-electron chi connectivity index (χ0n) is 15.7. The van der Waals surface area contributed by atoms with Gasteiger partial charge in [-0.2, -0.15) is 5.26 Å². The second-order valence-electron chi connectivity index (χ2n) is 6.19. The standard InChI is InChI=1S/C20H24N2O5/c1-4-20(5-2)19(24)18(22-12-15(25-3)13-26-9-8-23)16-10-14(11-21)6-7-17(16)27-20/h6-7,9-10,12,18-19,22,24H,4-5,13H2,1-3H3/t18-,19+/m1/s1. The highest BCUT2D eigenvalue weighted by Gasteiger charge is 2.47. The molecule has 7 heteroatoms. The summed E-state index contributed by atoms with van der Waals surface area (Å²) in [4.78, 5) is 10.2. The highest BCUT2D eigenvalue weighted by molar-refractivity contribution is 5.46. The van der Waals surface area contributed by atoms with Gasteiger partial charge in [0.25, 0.3) is 0 Å². The first-order chi connectivity index (χ1) is 13.0. The Balaban J connectivity index is 2.39. The van der Waals surface area contributed by atoms with E-state index in [9.17, 15) is 15.2 Å². The van der Waals surface area contributed by atoms with E-state index in [1.807, 2.05) is 13.8 Å². The molecule has 0 radical (unpaired) electrons. The molecule has 144 valence electrons. The van der Waals surface area contributed by atoms with Gasteiger partial charge in [0.2, 0.25) is 0 Å². The number of carbonyl (C=O) groups excluding carboxylic acids is 1. The quantitative estimate of drug-likeness (QED) is 0.533. The number of nitrogens with zero attached hydrogens (tertiary/aromatic N) is 1. The van der Waals surface area contributed by atoms with Crippen LogP contribution in [0.4, 0.5) is 0 Å². The van der Waals surface area contributed by atoms with E-state index in [2.05, 4.69) is 11.4 Å². The molecular formula is C20H24N2O5. The molecule has 2 atom stereocenters. The van der Waals surface area contributed by atoms with Gasteiger partial charge in [0.1, 0.15) is 29.8 Å². The van der Waals surface area contributed by atoms with Gasteiger partial charge in [0, 0.05) is 11.8 Å². The maximum absolute atomic E-state index is 11.1. The van der Waals surface area contributed by atoms with Crippen LogP contribution in [0.3, 0.4) is 0 Å². The number of aliphatic hydroxyl groups is 1. The van der Waals surface area contributed by atoms with Gasteiger partial charge in [-0.15, -0.1) is 0 Å². The van der Waals surface area contributed by atoms with Crippen molar-refractivity contribution >= 4 is 5.94 Å². The first-order valence-electron chi connectivity index (χ1n) is 8.76. The first kappa shape index (κ1) is 20.4. The summed E-state index contributed by atoms with van der Waals surface area (Å²) in [6, 6.07) is 6.76. The van der Waals surface area contributed by atoms with Crippen molar-refractivity contribution in [1.29, 1.82) is 5.26 Å². The van der Waals surface area contributed by atoms with Gasteiger partial charge in [-0.3, -0.25) is 0 Å². The van der Waals surface area contributed by atoms with Gasteiger partial charge in [0.15, 0.2) is 12.2 Å². The molecule has 0 bridgehead atoms. The minimum absolute atomic E-state index is 0.0375. The molecule has 1 aliphatic rings. The Labute approximate surface area is 158 Å². The SMILES string of the molecule is CCC1(CC)Oc2ccc(C#N)cc2[C@@H](NC=C(COC=C=O)OC)[C@@H]1O. The van der Waals surface area contributed by atoms with Crippen LogP contribution in [0.5, 0.6) is 5.75 Å². The summed E-state index contributed by atoms with van der Waals surface area (Å²) in [5.41, 5.74) is 0.433. The average molecular weight is 372 g/mol. The van der Waals surface area contributed by atoms with Gasteiger partial charge in [-0.05, 0) is 31.0 Å². The third-order valence-corrected chi connectivity index (χ3v) is 4.88. The molecule has 27 heavy (non-hydrogen) atoms. The Kier molecular flexibility index (Phi) is 6.89. The highest BCUT2D eigenvalue weighted by Crippen LogP contribution is 2.43. The summed E-state index contributed by atoms with van der Waals surface area (Å²) >= 11 is 0. The van der Waals surface area contributed by atoms with Crippen LogP contribution in [-0.4, -0.2) is 36.5 Å². The number of rotatable bonds is 8. The average Bonchev–Trinajstić information content (AvgIpc) is 2.71. The fourth-order valence-corrected chi connectivity index (χ4v) is 3.20. The second kappa shape index (κ2) is 9.13. The summed E-state index contributed by atoms with van der Waals surface area (Å²) < 4.78 is 16.3. The van der Waals surface area contributed by atoms with Crippen molar-refractivity contribution < 1.29 is 24.1 Å². The summed E-state index contributed by atoms with van der Waals surface area (Å²) in [7, 11) is 1.48. The number of methoxy groups -OCH3 is 1. The lowest BCUT2D eigenvalue weighted by atomic mass is 9.80. The number of fused-ring (bicyclic) bond motifs is 1. The van der Waals surface area contributed by atoms with Crippen LogP contribution >= 0.6 is 0 Å². The molecular weight excluding hydrogens is 348 g/mol. The molecule has 1 aromatic rings. The number of hydrogen-bond acceptors (Lipinski definition) is 7. The smallest absolute Gasteiger partial charge is 0.167 e. The van der Waals surface area contributed by atoms with Crippen LogP contribution in [0.25, 0.3) is 0 Å². The first-order valence-corrected chi connectivity index (χ1v) is 8.76. The van der Waals surface area contributed by atoms with Crippen LogP contribution in [0.15, 0.2) is 36.4 Å². The Bertz CT molecular complexity index is 773.